The minimum Gasteiger partial charge on any atom is -0.462 e. The van der Waals surface area contributed by atoms with Gasteiger partial charge in [-0.2, -0.15) is 0 Å². The summed E-state index contributed by atoms with van der Waals surface area (Å²) < 4.78 is 11.3. The van der Waals surface area contributed by atoms with E-state index in [1.54, 1.807) is 13.0 Å². The number of ketones is 1. The lowest BCUT2D eigenvalue weighted by atomic mass is 9.66. The van der Waals surface area contributed by atoms with Crippen molar-refractivity contribution in [3.8, 4) is 0 Å². The molecule has 0 amide bonds. The van der Waals surface area contributed by atoms with Gasteiger partial charge in [-0.1, -0.05) is 13.0 Å². The van der Waals surface area contributed by atoms with E-state index in [2.05, 4.69) is 0 Å². The molecule has 0 bridgehead atoms. The van der Waals surface area contributed by atoms with Gasteiger partial charge < -0.3 is 14.6 Å². The van der Waals surface area contributed by atoms with Gasteiger partial charge in [-0.15, -0.1) is 0 Å². The molecule has 8 atom stereocenters. The number of fused-ring (bicyclic) bond motifs is 2. The number of hydrogen-bond acceptors (Lipinski definition) is 6. The third-order valence-corrected chi connectivity index (χ3v) is 6.19. The third-order valence-electron chi connectivity index (χ3n) is 6.19. The van der Waals surface area contributed by atoms with Crippen LogP contribution in [0, 0.1) is 29.1 Å². The van der Waals surface area contributed by atoms with E-state index in [9.17, 15) is 19.5 Å². The lowest BCUT2D eigenvalue weighted by Gasteiger charge is -2.40. The molecule has 1 saturated heterocycles. The first-order valence-corrected chi connectivity index (χ1v) is 8.94. The summed E-state index contributed by atoms with van der Waals surface area (Å²) in [5, 5.41) is 9.82. The molecule has 0 aromatic heterocycles. The van der Waals surface area contributed by atoms with Crippen molar-refractivity contribution in [1.29, 1.82) is 0 Å². The van der Waals surface area contributed by atoms with Crippen LogP contribution in [0.1, 0.15) is 40.5 Å². The zero-order chi connectivity index (χ0) is 18.5. The predicted molar refractivity (Wildman–Crippen MR) is 88.2 cm³/mol. The first-order chi connectivity index (χ1) is 11.7. The Morgan fingerprint density at radius 2 is 2.16 bits per heavy atom. The van der Waals surface area contributed by atoms with Gasteiger partial charge in [0, 0.05) is 12.8 Å². The van der Waals surface area contributed by atoms with E-state index in [4.69, 9.17) is 9.47 Å². The molecule has 2 fully saturated rings. The summed E-state index contributed by atoms with van der Waals surface area (Å²) in [7, 11) is 0. The highest BCUT2D eigenvalue weighted by Crippen LogP contribution is 2.55. The standard InChI is InChI=1S/C19H26O6/c1-9-7-14-16(12(8-10(2)20)18(23)25-14)17(24-11(3)21)19(4)13(9)5-6-15(19)22/h5-6,9-10,12-14,16-17,20H,7-8H2,1-4H3/t9-,10-,12-,13+,14+,16-,17+,19+/m1/s1. The molecule has 2 aliphatic carbocycles. The van der Waals surface area contributed by atoms with E-state index in [1.165, 1.54) is 6.92 Å². The second kappa shape index (κ2) is 6.24. The van der Waals surface area contributed by atoms with Gasteiger partial charge in [-0.3, -0.25) is 14.4 Å². The van der Waals surface area contributed by atoms with E-state index in [1.807, 2.05) is 19.9 Å². The molecular formula is C19H26O6. The monoisotopic (exact) mass is 350 g/mol. The van der Waals surface area contributed by atoms with E-state index >= 15 is 0 Å². The third kappa shape index (κ3) is 2.80. The SMILES string of the molecule is CC(=O)O[C@H]1[C@H]2[C@H](C[C@@H](C)[C@@H]3C=CC(=O)[C@]31C)OC(=O)[C@@H]2C[C@@H](C)O. The molecule has 3 rings (SSSR count). The number of ether oxygens (including phenoxy) is 2. The van der Waals surface area contributed by atoms with Gasteiger partial charge in [-0.25, -0.2) is 0 Å². The maximum Gasteiger partial charge on any atom is 0.309 e. The number of carbonyl (C=O) groups is 3. The van der Waals surface area contributed by atoms with Gasteiger partial charge in [0.25, 0.3) is 0 Å². The van der Waals surface area contributed by atoms with E-state index < -0.39 is 41.5 Å². The number of carbonyl (C=O) groups excluding carboxylic acids is 3. The summed E-state index contributed by atoms with van der Waals surface area (Å²) in [4.78, 5) is 37.0. The van der Waals surface area contributed by atoms with Crippen LogP contribution >= 0.6 is 0 Å². The van der Waals surface area contributed by atoms with Crippen molar-refractivity contribution >= 4 is 17.7 Å². The fourth-order valence-electron chi connectivity index (χ4n) is 5.10. The lowest BCUT2D eigenvalue weighted by molar-refractivity contribution is -0.165. The van der Waals surface area contributed by atoms with Crippen molar-refractivity contribution in [2.24, 2.45) is 29.1 Å². The molecule has 1 aliphatic heterocycles. The Hall–Kier alpha value is -1.69. The molecule has 3 aliphatic rings. The molecule has 25 heavy (non-hydrogen) atoms. The highest BCUT2D eigenvalue weighted by molar-refractivity contribution is 5.98. The van der Waals surface area contributed by atoms with Gasteiger partial charge in [-0.05, 0) is 44.6 Å². The number of allylic oxidation sites excluding steroid dienone is 2. The Kier molecular flexibility index (Phi) is 4.52. The van der Waals surface area contributed by atoms with Crippen LogP contribution in [-0.2, 0) is 23.9 Å². The summed E-state index contributed by atoms with van der Waals surface area (Å²) in [6.45, 7) is 6.80. The number of hydrogen-bond donors (Lipinski definition) is 1. The second-order valence-corrected chi connectivity index (χ2v) is 8.02. The smallest absolute Gasteiger partial charge is 0.309 e. The largest absolute Gasteiger partial charge is 0.462 e. The second-order valence-electron chi connectivity index (χ2n) is 8.02. The highest BCUT2D eigenvalue weighted by atomic mass is 16.6. The lowest BCUT2D eigenvalue weighted by Crippen LogP contribution is -2.50. The van der Waals surface area contributed by atoms with Crippen molar-refractivity contribution in [3.63, 3.8) is 0 Å². The van der Waals surface area contributed by atoms with Crippen LogP contribution in [0.3, 0.4) is 0 Å². The number of rotatable bonds is 3. The zero-order valence-corrected chi connectivity index (χ0v) is 15.1. The predicted octanol–water partition coefficient (Wildman–Crippen LogP) is 1.65. The van der Waals surface area contributed by atoms with Crippen molar-refractivity contribution in [2.45, 2.75) is 58.8 Å². The summed E-state index contributed by atoms with van der Waals surface area (Å²) in [6, 6.07) is 0. The normalized spacial score (nSPS) is 43.9. The molecule has 0 aromatic carbocycles. The average Bonchev–Trinajstić information content (AvgIpc) is 2.92. The molecule has 0 aromatic rings. The fraction of sp³-hybridized carbons (Fsp3) is 0.737. The van der Waals surface area contributed by atoms with E-state index in [-0.39, 0.29) is 30.0 Å². The summed E-state index contributed by atoms with van der Waals surface area (Å²) >= 11 is 0. The Balaban J connectivity index is 2.08. The summed E-state index contributed by atoms with van der Waals surface area (Å²) in [5.74, 6) is -1.89. The Morgan fingerprint density at radius 3 is 2.76 bits per heavy atom. The van der Waals surface area contributed by atoms with Gasteiger partial charge in [0.2, 0.25) is 0 Å². The summed E-state index contributed by atoms with van der Waals surface area (Å²) in [5.41, 5.74) is -0.907. The molecule has 6 heteroatoms. The van der Waals surface area contributed by atoms with Gasteiger partial charge in [0.1, 0.15) is 12.2 Å². The van der Waals surface area contributed by atoms with Crippen molar-refractivity contribution in [1.82, 2.24) is 0 Å². The summed E-state index contributed by atoms with van der Waals surface area (Å²) in [6.07, 6.45) is 2.48. The topological polar surface area (TPSA) is 89.9 Å². The van der Waals surface area contributed by atoms with Gasteiger partial charge in [0.05, 0.1) is 17.4 Å². The van der Waals surface area contributed by atoms with Crippen LogP contribution in [0.4, 0.5) is 0 Å². The van der Waals surface area contributed by atoms with Crippen LogP contribution in [0.2, 0.25) is 0 Å². The molecular weight excluding hydrogens is 324 g/mol. The van der Waals surface area contributed by atoms with Crippen LogP contribution in [0.5, 0.6) is 0 Å². The fourth-order valence-corrected chi connectivity index (χ4v) is 5.10. The molecule has 1 saturated carbocycles. The molecule has 0 radical (unpaired) electrons. The highest BCUT2D eigenvalue weighted by Gasteiger charge is 2.63. The number of aliphatic hydroxyl groups excluding tert-OH is 1. The van der Waals surface area contributed by atoms with Crippen LogP contribution in [0.15, 0.2) is 12.2 Å². The quantitative estimate of drug-likeness (QED) is 0.779. The maximum atomic E-state index is 12.8. The van der Waals surface area contributed by atoms with Crippen LogP contribution in [-0.4, -0.2) is 41.1 Å². The molecule has 6 nitrogen and oxygen atoms in total. The Morgan fingerprint density at radius 1 is 1.48 bits per heavy atom. The van der Waals surface area contributed by atoms with Gasteiger partial charge in [0.15, 0.2) is 5.78 Å². The zero-order valence-electron chi connectivity index (χ0n) is 15.1. The first kappa shape index (κ1) is 18.1. The van der Waals surface area contributed by atoms with Crippen LogP contribution in [0.25, 0.3) is 0 Å². The molecule has 0 spiro atoms. The van der Waals surface area contributed by atoms with Crippen molar-refractivity contribution in [3.05, 3.63) is 12.2 Å². The Labute approximate surface area is 147 Å². The number of esters is 2. The van der Waals surface area contributed by atoms with Gasteiger partial charge >= 0.3 is 11.9 Å². The van der Waals surface area contributed by atoms with Crippen LogP contribution < -0.4 is 0 Å². The average molecular weight is 350 g/mol. The maximum absolute atomic E-state index is 12.8. The minimum atomic E-state index is -0.907. The number of aliphatic hydroxyl groups is 1. The first-order valence-electron chi connectivity index (χ1n) is 8.94. The molecule has 1 N–H and O–H groups in total. The van der Waals surface area contributed by atoms with E-state index in [0.29, 0.717) is 6.42 Å². The van der Waals surface area contributed by atoms with Crippen molar-refractivity contribution < 1.29 is 29.0 Å². The minimum absolute atomic E-state index is 0.0687. The Bertz CT molecular complexity index is 623. The molecule has 138 valence electrons. The molecule has 0 unspecified atom stereocenters. The van der Waals surface area contributed by atoms with E-state index in [0.717, 1.165) is 0 Å². The van der Waals surface area contributed by atoms with Crippen molar-refractivity contribution in [2.75, 3.05) is 0 Å². The molecule has 1 heterocycles.